The fourth-order valence-corrected chi connectivity index (χ4v) is 3.13. The minimum absolute atomic E-state index is 0.0349. The van der Waals surface area contributed by atoms with Crippen molar-refractivity contribution in [2.45, 2.75) is 44.7 Å². The highest BCUT2D eigenvalue weighted by Gasteiger charge is 2.42. The maximum absolute atomic E-state index is 11.9. The standard InChI is InChI=1S/C14H17N3O/c1-3-13-15-8-10-11(16-13)7-9-5-6-12(10)17(9)14(18)4-2/h4,8-9,12H,2-3,5-7H2,1H3. The van der Waals surface area contributed by atoms with Crippen molar-refractivity contribution >= 4 is 5.91 Å². The first kappa shape index (κ1) is 11.4. The highest BCUT2D eigenvalue weighted by Crippen LogP contribution is 2.42. The van der Waals surface area contributed by atoms with Crippen molar-refractivity contribution in [3.8, 4) is 0 Å². The number of aryl methyl sites for hydroxylation is 1. The van der Waals surface area contributed by atoms with E-state index in [-0.39, 0.29) is 11.9 Å². The molecular formula is C14H17N3O. The topological polar surface area (TPSA) is 46.1 Å². The third-order valence-corrected chi connectivity index (χ3v) is 3.99. The van der Waals surface area contributed by atoms with Crippen molar-refractivity contribution in [2.24, 2.45) is 0 Å². The number of hydrogen-bond acceptors (Lipinski definition) is 3. The van der Waals surface area contributed by atoms with Crippen molar-refractivity contribution < 1.29 is 4.79 Å². The monoisotopic (exact) mass is 243 g/mol. The van der Waals surface area contributed by atoms with Crippen LogP contribution in [-0.4, -0.2) is 26.8 Å². The van der Waals surface area contributed by atoms with E-state index in [9.17, 15) is 4.79 Å². The molecule has 2 bridgehead atoms. The number of carbonyl (C=O) groups is 1. The number of hydrogen-bond donors (Lipinski definition) is 0. The summed E-state index contributed by atoms with van der Waals surface area (Å²) in [7, 11) is 0. The van der Waals surface area contributed by atoms with Crippen LogP contribution in [0.3, 0.4) is 0 Å². The maximum Gasteiger partial charge on any atom is 0.246 e. The molecule has 2 aliphatic heterocycles. The Morgan fingerprint density at radius 2 is 2.44 bits per heavy atom. The Balaban J connectivity index is 2.01. The lowest BCUT2D eigenvalue weighted by atomic mass is 9.99. The number of amides is 1. The summed E-state index contributed by atoms with van der Waals surface area (Å²) in [4.78, 5) is 22.9. The van der Waals surface area contributed by atoms with Gasteiger partial charge >= 0.3 is 0 Å². The van der Waals surface area contributed by atoms with Crippen LogP contribution in [0.25, 0.3) is 0 Å². The quantitative estimate of drug-likeness (QED) is 0.744. The highest BCUT2D eigenvalue weighted by molar-refractivity contribution is 5.88. The van der Waals surface area contributed by atoms with Crippen LogP contribution in [0.1, 0.15) is 42.9 Å². The van der Waals surface area contributed by atoms with Crippen molar-refractivity contribution in [1.29, 1.82) is 0 Å². The lowest BCUT2D eigenvalue weighted by molar-refractivity contribution is -0.129. The van der Waals surface area contributed by atoms with Gasteiger partial charge in [0.2, 0.25) is 5.91 Å². The molecule has 94 valence electrons. The van der Waals surface area contributed by atoms with Crippen molar-refractivity contribution in [1.82, 2.24) is 14.9 Å². The lowest BCUT2D eigenvalue weighted by Crippen LogP contribution is -2.41. The molecule has 0 spiro atoms. The predicted molar refractivity (Wildman–Crippen MR) is 67.9 cm³/mol. The third kappa shape index (κ3) is 1.55. The molecule has 0 aromatic carbocycles. The summed E-state index contributed by atoms with van der Waals surface area (Å²) >= 11 is 0. The largest absolute Gasteiger partial charge is 0.329 e. The molecule has 0 aliphatic carbocycles. The van der Waals surface area contributed by atoms with Gasteiger partial charge in [-0.1, -0.05) is 13.5 Å². The lowest BCUT2D eigenvalue weighted by Gasteiger charge is -2.35. The fourth-order valence-electron chi connectivity index (χ4n) is 3.13. The molecule has 18 heavy (non-hydrogen) atoms. The summed E-state index contributed by atoms with van der Waals surface area (Å²) in [5, 5.41) is 0. The molecule has 0 N–H and O–H groups in total. The van der Waals surface area contributed by atoms with Crippen LogP contribution in [0.2, 0.25) is 0 Å². The summed E-state index contributed by atoms with van der Waals surface area (Å²) in [6.45, 7) is 5.66. The van der Waals surface area contributed by atoms with Gasteiger partial charge < -0.3 is 4.90 Å². The van der Waals surface area contributed by atoms with E-state index in [4.69, 9.17) is 0 Å². The van der Waals surface area contributed by atoms with Gasteiger partial charge in [0.25, 0.3) is 0 Å². The van der Waals surface area contributed by atoms with E-state index >= 15 is 0 Å². The Hall–Kier alpha value is -1.71. The molecule has 0 saturated carbocycles. The summed E-state index contributed by atoms with van der Waals surface area (Å²) in [5.41, 5.74) is 2.28. The van der Waals surface area contributed by atoms with Gasteiger partial charge in [0.05, 0.1) is 11.7 Å². The zero-order chi connectivity index (χ0) is 12.7. The molecule has 2 aliphatic rings. The minimum Gasteiger partial charge on any atom is -0.329 e. The van der Waals surface area contributed by atoms with E-state index in [1.807, 2.05) is 11.1 Å². The zero-order valence-electron chi connectivity index (χ0n) is 10.6. The van der Waals surface area contributed by atoms with Crippen LogP contribution in [0.4, 0.5) is 0 Å². The third-order valence-electron chi connectivity index (χ3n) is 3.99. The summed E-state index contributed by atoms with van der Waals surface area (Å²) in [6.07, 6.45) is 7.13. The van der Waals surface area contributed by atoms with E-state index < -0.39 is 0 Å². The van der Waals surface area contributed by atoms with Crippen LogP contribution in [0.15, 0.2) is 18.9 Å². The first-order valence-electron chi connectivity index (χ1n) is 6.54. The Morgan fingerprint density at radius 1 is 1.61 bits per heavy atom. The van der Waals surface area contributed by atoms with E-state index in [0.717, 1.165) is 42.8 Å². The molecule has 0 radical (unpaired) electrons. The molecule has 1 saturated heterocycles. The SMILES string of the molecule is C=CC(=O)N1C2CCC1c1cnc(CC)nc1C2. The highest BCUT2D eigenvalue weighted by atomic mass is 16.2. The van der Waals surface area contributed by atoms with Gasteiger partial charge in [-0.3, -0.25) is 4.79 Å². The van der Waals surface area contributed by atoms with Crippen LogP contribution >= 0.6 is 0 Å². The van der Waals surface area contributed by atoms with Crippen molar-refractivity contribution in [3.05, 3.63) is 35.9 Å². The van der Waals surface area contributed by atoms with Gasteiger partial charge in [0, 0.05) is 30.6 Å². The summed E-state index contributed by atoms with van der Waals surface area (Å²) < 4.78 is 0. The number of carbonyl (C=O) groups excluding carboxylic acids is 1. The molecular weight excluding hydrogens is 226 g/mol. The normalized spacial score (nSPS) is 24.8. The first-order chi connectivity index (χ1) is 8.74. The van der Waals surface area contributed by atoms with E-state index in [2.05, 4.69) is 23.5 Å². The van der Waals surface area contributed by atoms with Crippen LogP contribution in [0, 0.1) is 0 Å². The number of aromatic nitrogens is 2. The number of fused-ring (bicyclic) bond motifs is 4. The van der Waals surface area contributed by atoms with E-state index in [0.29, 0.717) is 6.04 Å². The van der Waals surface area contributed by atoms with Gasteiger partial charge in [0.15, 0.2) is 0 Å². The Labute approximate surface area is 107 Å². The summed E-state index contributed by atoms with van der Waals surface area (Å²) in [6, 6.07) is 0.461. The number of nitrogens with zero attached hydrogens (tertiary/aromatic N) is 3. The Morgan fingerprint density at radius 3 is 3.17 bits per heavy atom. The van der Waals surface area contributed by atoms with Crippen molar-refractivity contribution in [3.63, 3.8) is 0 Å². The second-order valence-corrected chi connectivity index (χ2v) is 4.94. The minimum atomic E-state index is 0.0349. The summed E-state index contributed by atoms with van der Waals surface area (Å²) in [5.74, 6) is 0.935. The first-order valence-corrected chi connectivity index (χ1v) is 6.54. The Bertz CT molecular complexity index is 512. The van der Waals surface area contributed by atoms with E-state index in [1.165, 1.54) is 6.08 Å². The molecule has 2 unspecified atom stereocenters. The molecule has 1 aromatic heterocycles. The zero-order valence-corrected chi connectivity index (χ0v) is 10.6. The molecule has 3 heterocycles. The molecule has 4 nitrogen and oxygen atoms in total. The molecule has 1 amide bonds. The Kier molecular flexibility index (Phi) is 2.65. The fraction of sp³-hybridized carbons (Fsp3) is 0.500. The average Bonchev–Trinajstić information content (AvgIpc) is 2.72. The smallest absolute Gasteiger partial charge is 0.246 e. The van der Waals surface area contributed by atoms with Gasteiger partial charge in [-0.05, 0) is 18.9 Å². The molecule has 4 heteroatoms. The second-order valence-electron chi connectivity index (χ2n) is 4.94. The van der Waals surface area contributed by atoms with Crippen LogP contribution < -0.4 is 0 Å². The van der Waals surface area contributed by atoms with Crippen molar-refractivity contribution in [2.75, 3.05) is 0 Å². The van der Waals surface area contributed by atoms with Gasteiger partial charge in [-0.15, -0.1) is 0 Å². The molecule has 2 atom stereocenters. The van der Waals surface area contributed by atoms with Gasteiger partial charge in [-0.2, -0.15) is 0 Å². The maximum atomic E-state index is 11.9. The van der Waals surface area contributed by atoms with Gasteiger partial charge in [-0.25, -0.2) is 9.97 Å². The molecule has 1 aromatic rings. The van der Waals surface area contributed by atoms with Gasteiger partial charge in [0.1, 0.15) is 5.82 Å². The molecule has 1 fully saturated rings. The van der Waals surface area contributed by atoms with E-state index in [1.54, 1.807) is 0 Å². The predicted octanol–water partition coefficient (Wildman–Crippen LogP) is 1.81. The van der Waals surface area contributed by atoms with Crippen LogP contribution in [-0.2, 0) is 17.6 Å². The number of rotatable bonds is 2. The second kappa shape index (κ2) is 4.19. The van der Waals surface area contributed by atoms with Crippen LogP contribution in [0.5, 0.6) is 0 Å². The molecule has 3 rings (SSSR count). The average molecular weight is 243 g/mol.